The van der Waals surface area contributed by atoms with Crippen LogP contribution in [0.3, 0.4) is 0 Å². The SMILES string of the molecule is CNCC(=O)c1c(C)n(C)c2c(C)cc(C)cc12. The summed E-state index contributed by atoms with van der Waals surface area (Å²) >= 11 is 0. The molecule has 0 atom stereocenters. The Morgan fingerprint density at radius 1 is 1.28 bits per heavy atom. The summed E-state index contributed by atoms with van der Waals surface area (Å²) < 4.78 is 2.12. The molecule has 0 saturated carbocycles. The molecule has 1 heterocycles. The van der Waals surface area contributed by atoms with Crippen molar-refractivity contribution in [2.24, 2.45) is 7.05 Å². The van der Waals surface area contributed by atoms with E-state index in [0.29, 0.717) is 6.54 Å². The monoisotopic (exact) mass is 244 g/mol. The van der Waals surface area contributed by atoms with E-state index in [0.717, 1.165) is 22.2 Å². The molecular formula is C15H20N2O. The van der Waals surface area contributed by atoms with Gasteiger partial charge >= 0.3 is 0 Å². The van der Waals surface area contributed by atoms with Crippen molar-refractivity contribution in [3.05, 3.63) is 34.5 Å². The van der Waals surface area contributed by atoms with Crippen LogP contribution in [-0.4, -0.2) is 23.9 Å². The molecule has 0 spiro atoms. The molecule has 3 nitrogen and oxygen atoms in total. The normalized spacial score (nSPS) is 11.2. The lowest BCUT2D eigenvalue weighted by Gasteiger charge is -2.03. The molecule has 0 saturated heterocycles. The molecule has 96 valence electrons. The Morgan fingerprint density at radius 3 is 2.56 bits per heavy atom. The van der Waals surface area contributed by atoms with Gasteiger partial charge in [-0.05, 0) is 39.4 Å². The lowest BCUT2D eigenvalue weighted by molar-refractivity contribution is 0.0994. The van der Waals surface area contributed by atoms with Gasteiger partial charge in [0.15, 0.2) is 5.78 Å². The smallest absolute Gasteiger partial charge is 0.179 e. The van der Waals surface area contributed by atoms with E-state index in [9.17, 15) is 4.79 Å². The van der Waals surface area contributed by atoms with Gasteiger partial charge in [0.05, 0.1) is 12.1 Å². The molecule has 3 heteroatoms. The van der Waals surface area contributed by atoms with Gasteiger partial charge < -0.3 is 9.88 Å². The number of likely N-dealkylation sites (N-methyl/N-ethyl adjacent to an activating group) is 1. The fourth-order valence-corrected chi connectivity index (χ4v) is 2.73. The quantitative estimate of drug-likeness (QED) is 0.842. The van der Waals surface area contributed by atoms with Gasteiger partial charge in [-0.15, -0.1) is 0 Å². The predicted octanol–water partition coefficient (Wildman–Crippen LogP) is 2.51. The summed E-state index contributed by atoms with van der Waals surface area (Å²) in [6.45, 7) is 6.56. The second kappa shape index (κ2) is 4.58. The number of rotatable bonds is 3. The zero-order chi connectivity index (χ0) is 13.4. The third-order valence-electron chi connectivity index (χ3n) is 3.53. The number of hydrogen-bond donors (Lipinski definition) is 1. The van der Waals surface area contributed by atoms with Gasteiger partial charge in [0.25, 0.3) is 0 Å². The van der Waals surface area contributed by atoms with Gasteiger partial charge in [-0.25, -0.2) is 0 Å². The van der Waals surface area contributed by atoms with Crippen LogP contribution in [0.25, 0.3) is 10.9 Å². The third-order valence-corrected chi connectivity index (χ3v) is 3.53. The molecule has 0 fully saturated rings. The van der Waals surface area contributed by atoms with Crippen LogP contribution in [0, 0.1) is 20.8 Å². The zero-order valence-corrected chi connectivity index (χ0v) is 11.7. The molecule has 2 aromatic rings. The second-order valence-electron chi connectivity index (χ2n) is 4.95. The van der Waals surface area contributed by atoms with E-state index in [-0.39, 0.29) is 5.78 Å². The van der Waals surface area contributed by atoms with Gasteiger partial charge in [-0.3, -0.25) is 4.79 Å². The van der Waals surface area contributed by atoms with Crippen LogP contribution in [0.4, 0.5) is 0 Å². The average molecular weight is 244 g/mol. The maximum absolute atomic E-state index is 12.2. The number of ketones is 1. The Balaban J connectivity index is 2.81. The van der Waals surface area contributed by atoms with Crippen LogP contribution >= 0.6 is 0 Å². The summed E-state index contributed by atoms with van der Waals surface area (Å²) in [5.41, 5.74) is 5.48. The maximum atomic E-state index is 12.2. The first-order valence-electron chi connectivity index (χ1n) is 6.21. The molecule has 0 unspecified atom stereocenters. The van der Waals surface area contributed by atoms with Crippen LogP contribution < -0.4 is 5.32 Å². The molecule has 1 aromatic heterocycles. The van der Waals surface area contributed by atoms with Crippen molar-refractivity contribution in [2.45, 2.75) is 20.8 Å². The number of benzene rings is 1. The lowest BCUT2D eigenvalue weighted by atomic mass is 10.0. The third kappa shape index (κ3) is 1.85. The Labute approximate surface area is 108 Å². The van der Waals surface area contributed by atoms with Crippen molar-refractivity contribution in [3.8, 4) is 0 Å². The van der Waals surface area contributed by atoms with E-state index in [1.807, 2.05) is 14.0 Å². The number of carbonyl (C=O) groups excluding carboxylic acids is 1. The summed E-state index contributed by atoms with van der Waals surface area (Å²) in [4.78, 5) is 12.2. The lowest BCUT2D eigenvalue weighted by Crippen LogP contribution is -2.19. The van der Waals surface area contributed by atoms with Gasteiger partial charge in [0, 0.05) is 23.7 Å². The zero-order valence-electron chi connectivity index (χ0n) is 11.7. The maximum Gasteiger partial charge on any atom is 0.179 e. The fourth-order valence-electron chi connectivity index (χ4n) is 2.73. The van der Waals surface area contributed by atoms with Crippen LogP contribution in [0.15, 0.2) is 12.1 Å². The van der Waals surface area contributed by atoms with Crippen LogP contribution in [-0.2, 0) is 7.05 Å². The minimum atomic E-state index is 0.158. The van der Waals surface area contributed by atoms with E-state index < -0.39 is 0 Å². The Hall–Kier alpha value is -1.61. The molecule has 0 aliphatic carbocycles. The molecular weight excluding hydrogens is 224 g/mol. The first kappa shape index (κ1) is 12.8. The average Bonchev–Trinajstić information content (AvgIpc) is 2.51. The summed E-state index contributed by atoms with van der Waals surface area (Å²) in [5, 5.41) is 4.01. The molecule has 0 amide bonds. The van der Waals surface area contributed by atoms with E-state index in [1.54, 1.807) is 7.05 Å². The molecule has 0 aliphatic rings. The van der Waals surface area contributed by atoms with Crippen LogP contribution in [0.5, 0.6) is 0 Å². The molecule has 18 heavy (non-hydrogen) atoms. The molecule has 0 bridgehead atoms. The number of fused-ring (bicyclic) bond motifs is 1. The summed E-state index contributed by atoms with van der Waals surface area (Å²) in [5.74, 6) is 0.158. The Morgan fingerprint density at radius 2 is 1.94 bits per heavy atom. The van der Waals surface area contributed by atoms with Crippen molar-refractivity contribution in [1.82, 2.24) is 9.88 Å². The van der Waals surface area contributed by atoms with E-state index in [1.165, 1.54) is 11.1 Å². The molecule has 0 radical (unpaired) electrons. The van der Waals surface area contributed by atoms with Crippen LogP contribution in [0.2, 0.25) is 0 Å². The van der Waals surface area contributed by atoms with Gasteiger partial charge in [0.2, 0.25) is 0 Å². The highest BCUT2D eigenvalue weighted by Gasteiger charge is 2.19. The topological polar surface area (TPSA) is 34.0 Å². The first-order valence-corrected chi connectivity index (χ1v) is 6.21. The number of aromatic nitrogens is 1. The summed E-state index contributed by atoms with van der Waals surface area (Å²) in [6, 6.07) is 4.27. The number of carbonyl (C=O) groups is 1. The number of nitrogens with zero attached hydrogens (tertiary/aromatic N) is 1. The van der Waals surface area contributed by atoms with Gasteiger partial charge in [-0.2, -0.15) is 0 Å². The van der Waals surface area contributed by atoms with E-state index >= 15 is 0 Å². The molecule has 2 rings (SSSR count). The molecule has 1 aromatic carbocycles. The van der Waals surface area contributed by atoms with Gasteiger partial charge in [-0.1, -0.05) is 11.6 Å². The minimum absolute atomic E-state index is 0.158. The minimum Gasteiger partial charge on any atom is -0.347 e. The van der Waals surface area contributed by atoms with Crippen LogP contribution in [0.1, 0.15) is 27.2 Å². The summed E-state index contributed by atoms with van der Waals surface area (Å²) in [6.07, 6.45) is 0. The summed E-state index contributed by atoms with van der Waals surface area (Å²) in [7, 11) is 3.82. The van der Waals surface area contributed by atoms with E-state index in [4.69, 9.17) is 0 Å². The Kier molecular flexibility index (Phi) is 3.26. The number of hydrogen-bond acceptors (Lipinski definition) is 2. The predicted molar refractivity (Wildman–Crippen MR) is 75.4 cm³/mol. The molecule has 1 N–H and O–H groups in total. The van der Waals surface area contributed by atoms with Crippen molar-refractivity contribution < 1.29 is 4.79 Å². The fraction of sp³-hybridized carbons (Fsp3) is 0.400. The number of nitrogens with one attached hydrogen (secondary N) is 1. The highest BCUT2D eigenvalue weighted by Crippen LogP contribution is 2.29. The standard InChI is InChI=1S/C15H20N2O/c1-9-6-10(2)15-12(7-9)14(11(3)17(15)5)13(18)8-16-4/h6-7,16H,8H2,1-5H3. The van der Waals surface area contributed by atoms with Crippen molar-refractivity contribution >= 4 is 16.7 Å². The highest BCUT2D eigenvalue weighted by molar-refractivity contribution is 6.11. The van der Waals surface area contributed by atoms with Crippen molar-refractivity contribution in [2.75, 3.05) is 13.6 Å². The second-order valence-corrected chi connectivity index (χ2v) is 4.95. The largest absolute Gasteiger partial charge is 0.347 e. The van der Waals surface area contributed by atoms with Crippen molar-refractivity contribution in [1.29, 1.82) is 0 Å². The van der Waals surface area contributed by atoms with Crippen molar-refractivity contribution in [3.63, 3.8) is 0 Å². The first-order chi connectivity index (χ1) is 8.47. The van der Waals surface area contributed by atoms with Gasteiger partial charge in [0.1, 0.15) is 0 Å². The number of aryl methyl sites for hydroxylation is 3. The number of Topliss-reactive ketones (excluding diaryl/α,β-unsaturated/α-hetero) is 1. The molecule has 0 aliphatic heterocycles. The Bertz CT molecular complexity index is 623. The highest BCUT2D eigenvalue weighted by atomic mass is 16.1. The van der Waals surface area contributed by atoms with E-state index in [2.05, 4.69) is 35.9 Å².